The molecular weight excluding hydrogens is 222 g/mol. The largest absolute Gasteiger partial charge is 0.385 e. The zero-order valence-electron chi connectivity index (χ0n) is 13.3. The molecule has 1 atom stereocenters. The lowest BCUT2D eigenvalue weighted by Crippen LogP contribution is -2.27. The van der Waals surface area contributed by atoms with Gasteiger partial charge in [0.1, 0.15) is 0 Å². The molecule has 0 fully saturated rings. The lowest BCUT2D eigenvalue weighted by molar-refractivity contribution is 0.173. The van der Waals surface area contributed by atoms with Crippen molar-refractivity contribution in [2.24, 2.45) is 11.3 Å². The third-order valence-electron chi connectivity index (χ3n) is 3.43. The number of methoxy groups -OCH3 is 1. The van der Waals surface area contributed by atoms with E-state index in [0.29, 0.717) is 5.41 Å². The number of ether oxygens (including phenoxy) is 1. The van der Waals surface area contributed by atoms with E-state index in [1.807, 2.05) is 0 Å². The van der Waals surface area contributed by atoms with Crippen LogP contribution in [0.2, 0.25) is 0 Å². The zero-order valence-corrected chi connectivity index (χ0v) is 13.3. The molecule has 0 saturated carbocycles. The molecule has 1 N–H and O–H groups in total. The number of hydrogen-bond donors (Lipinski definition) is 1. The number of hydrogen-bond acceptors (Lipinski definition) is 2. The summed E-state index contributed by atoms with van der Waals surface area (Å²) in [5.74, 6) is 0.868. The van der Waals surface area contributed by atoms with Crippen LogP contribution in [0.15, 0.2) is 0 Å². The number of unbranched alkanes of at least 4 members (excludes halogenated alkanes) is 2. The molecule has 0 bridgehead atoms. The van der Waals surface area contributed by atoms with Gasteiger partial charge < -0.3 is 10.1 Å². The smallest absolute Gasteiger partial charge is 0.0464 e. The van der Waals surface area contributed by atoms with Crippen LogP contribution in [0.5, 0.6) is 0 Å². The summed E-state index contributed by atoms with van der Waals surface area (Å²) in [6.45, 7) is 12.4. The van der Waals surface area contributed by atoms with E-state index in [-0.39, 0.29) is 0 Å². The Hall–Kier alpha value is -0.0800. The Morgan fingerprint density at radius 3 is 2.33 bits per heavy atom. The molecule has 0 aliphatic heterocycles. The topological polar surface area (TPSA) is 21.3 Å². The molecule has 0 amide bonds. The van der Waals surface area contributed by atoms with Gasteiger partial charge in [-0.05, 0) is 37.3 Å². The second kappa shape index (κ2) is 10.8. The SMILES string of the molecule is CC[C@@H](CCCCCNCC(C)(C)C)CCOC. The van der Waals surface area contributed by atoms with Crippen molar-refractivity contribution < 1.29 is 4.74 Å². The highest BCUT2D eigenvalue weighted by Crippen LogP contribution is 2.17. The quantitative estimate of drug-likeness (QED) is 0.559. The summed E-state index contributed by atoms with van der Waals surface area (Å²) < 4.78 is 5.16. The minimum absolute atomic E-state index is 0.410. The highest BCUT2D eigenvalue weighted by Gasteiger charge is 2.08. The van der Waals surface area contributed by atoms with Gasteiger partial charge in [0.25, 0.3) is 0 Å². The van der Waals surface area contributed by atoms with E-state index in [2.05, 4.69) is 33.0 Å². The van der Waals surface area contributed by atoms with E-state index in [0.717, 1.165) is 19.1 Å². The van der Waals surface area contributed by atoms with Gasteiger partial charge in [-0.15, -0.1) is 0 Å². The third kappa shape index (κ3) is 12.4. The Bertz CT molecular complexity index is 174. The fourth-order valence-corrected chi connectivity index (χ4v) is 2.16. The molecule has 0 spiro atoms. The highest BCUT2D eigenvalue weighted by atomic mass is 16.5. The van der Waals surface area contributed by atoms with Crippen molar-refractivity contribution in [2.75, 3.05) is 26.8 Å². The first kappa shape index (κ1) is 17.9. The minimum Gasteiger partial charge on any atom is -0.385 e. The number of rotatable bonds is 11. The summed E-state index contributed by atoms with van der Waals surface area (Å²) in [6.07, 6.45) is 7.96. The van der Waals surface area contributed by atoms with Crippen molar-refractivity contribution in [3.05, 3.63) is 0 Å². The van der Waals surface area contributed by atoms with E-state index >= 15 is 0 Å². The Balaban J connectivity index is 3.33. The zero-order chi connectivity index (χ0) is 13.9. The third-order valence-corrected chi connectivity index (χ3v) is 3.43. The molecular formula is C16H35NO. The first-order chi connectivity index (χ1) is 8.49. The van der Waals surface area contributed by atoms with Crippen LogP contribution in [0.1, 0.15) is 66.2 Å². The maximum absolute atomic E-state index is 5.16. The van der Waals surface area contributed by atoms with Crippen LogP contribution < -0.4 is 5.32 Å². The van der Waals surface area contributed by atoms with Crippen molar-refractivity contribution in [1.29, 1.82) is 0 Å². The van der Waals surface area contributed by atoms with E-state index < -0.39 is 0 Å². The van der Waals surface area contributed by atoms with E-state index in [9.17, 15) is 0 Å². The summed E-state index contributed by atoms with van der Waals surface area (Å²) in [4.78, 5) is 0. The van der Waals surface area contributed by atoms with E-state index in [1.54, 1.807) is 7.11 Å². The molecule has 0 aliphatic rings. The van der Waals surface area contributed by atoms with Crippen LogP contribution in [0.3, 0.4) is 0 Å². The summed E-state index contributed by atoms with van der Waals surface area (Å²) in [6, 6.07) is 0. The van der Waals surface area contributed by atoms with Crippen molar-refractivity contribution in [2.45, 2.75) is 66.2 Å². The maximum Gasteiger partial charge on any atom is 0.0464 e. The van der Waals surface area contributed by atoms with Crippen molar-refractivity contribution in [1.82, 2.24) is 5.32 Å². The Labute approximate surface area is 115 Å². The van der Waals surface area contributed by atoms with E-state index in [4.69, 9.17) is 4.74 Å². The molecule has 0 aromatic rings. The average molecular weight is 257 g/mol. The van der Waals surface area contributed by atoms with Crippen LogP contribution in [-0.4, -0.2) is 26.8 Å². The first-order valence-corrected chi connectivity index (χ1v) is 7.69. The van der Waals surface area contributed by atoms with Gasteiger partial charge in [-0.2, -0.15) is 0 Å². The van der Waals surface area contributed by atoms with Gasteiger partial charge in [-0.3, -0.25) is 0 Å². The number of nitrogens with one attached hydrogen (secondary N) is 1. The molecule has 0 saturated heterocycles. The summed E-state index contributed by atoms with van der Waals surface area (Å²) in [5, 5.41) is 3.54. The van der Waals surface area contributed by atoms with Crippen LogP contribution in [0.4, 0.5) is 0 Å². The molecule has 2 nitrogen and oxygen atoms in total. The fourth-order valence-electron chi connectivity index (χ4n) is 2.16. The van der Waals surface area contributed by atoms with Crippen molar-refractivity contribution in [3.8, 4) is 0 Å². The molecule has 0 rings (SSSR count). The molecule has 0 unspecified atom stereocenters. The fraction of sp³-hybridized carbons (Fsp3) is 1.00. The molecule has 0 heterocycles. The van der Waals surface area contributed by atoms with Gasteiger partial charge >= 0.3 is 0 Å². The Morgan fingerprint density at radius 1 is 1.06 bits per heavy atom. The van der Waals surface area contributed by atoms with Crippen LogP contribution in [-0.2, 0) is 4.74 Å². The lowest BCUT2D eigenvalue weighted by atomic mass is 9.95. The minimum atomic E-state index is 0.410. The lowest BCUT2D eigenvalue weighted by Gasteiger charge is -2.18. The first-order valence-electron chi connectivity index (χ1n) is 7.69. The molecule has 0 aromatic heterocycles. The van der Waals surface area contributed by atoms with Gasteiger partial charge in [-0.25, -0.2) is 0 Å². The molecule has 0 aliphatic carbocycles. The Morgan fingerprint density at radius 2 is 1.78 bits per heavy atom. The molecule has 0 aromatic carbocycles. The molecule has 110 valence electrons. The normalized spacial score (nSPS) is 13.8. The standard InChI is InChI=1S/C16H35NO/c1-6-15(11-13-18-5)10-8-7-9-12-17-14-16(2,3)4/h15,17H,6-14H2,1-5H3/t15-/m0/s1. The summed E-state index contributed by atoms with van der Waals surface area (Å²) in [5.41, 5.74) is 0.410. The summed E-state index contributed by atoms with van der Waals surface area (Å²) >= 11 is 0. The van der Waals surface area contributed by atoms with Crippen LogP contribution in [0, 0.1) is 11.3 Å². The van der Waals surface area contributed by atoms with Gasteiger partial charge in [0, 0.05) is 13.7 Å². The predicted molar refractivity (Wildman–Crippen MR) is 81.1 cm³/mol. The monoisotopic (exact) mass is 257 g/mol. The van der Waals surface area contributed by atoms with Crippen LogP contribution >= 0.6 is 0 Å². The van der Waals surface area contributed by atoms with Gasteiger partial charge in [0.05, 0.1) is 0 Å². The predicted octanol–water partition coefficient (Wildman–Crippen LogP) is 4.25. The van der Waals surface area contributed by atoms with Crippen LogP contribution in [0.25, 0.3) is 0 Å². The molecule has 0 radical (unpaired) electrons. The van der Waals surface area contributed by atoms with Gasteiger partial charge in [0.15, 0.2) is 0 Å². The van der Waals surface area contributed by atoms with Gasteiger partial charge in [0.2, 0.25) is 0 Å². The average Bonchev–Trinajstić information content (AvgIpc) is 2.30. The molecule has 2 heteroatoms. The summed E-state index contributed by atoms with van der Waals surface area (Å²) in [7, 11) is 1.80. The van der Waals surface area contributed by atoms with E-state index in [1.165, 1.54) is 45.1 Å². The second-order valence-corrected chi connectivity index (χ2v) is 6.64. The highest BCUT2D eigenvalue weighted by molar-refractivity contribution is 4.64. The van der Waals surface area contributed by atoms with Gasteiger partial charge in [-0.1, -0.05) is 53.4 Å². The Kier molecular flexibility index (Phi) is 10.8. The maximum atomic E-state index is 5.16. The van der Waals surface area contributed by atoms with Crippen molar-refractivity contribution >= 4 is 0 Å². The molecule has 18 heavy (non-hydrogen) atoms. The second-order valence-electron chi connectivity index (χ2n) is 6.64. The van der Waals surface area contributed by atoms with Crippen molar-refractivity contribution in [3.63, 3.8) is 0 Å².